The summed E-state index contributed by atoms with van der Waals surface area (Å²) in [5, 5.41) is 7.84. The molecule has 1 fully saturated rings. The number of nitrogens with one attached hydrogen (secondary N) is 1. The molecule has 0 unspecified atom stereocenters. The van der Waals surface area contributed by atoms with E-state index in [-0.39, 0.29) is 11.9 Å². The Labute approximate surface area is 141 Å². The summed E-state index contributed by atoms with van der Waals surface area (Å²) in [6.45, 7) is 1.37. The van der Waals surface area contributed by atoms with E-state index in [0.717, 1.165) is 50.1 Å². The lowest BCUT2D eigenvalue weighted by molar-refractivity contribution is 0.0929. The standard InChI is InChI=1S/C18H23N3O3/c1-23-10-8-21-11-13-3-2-4-15(16(13)20-21)19-18(22)14-7-9-24-17(14)12-5-6-12/h7,9,11-12,15H,2-6,8,10H2,1H3,(H,19,22)/t15-/m0/s1. The van der Waals surface area contributed by atoms with Crippen molar-refractivity contribution in [2.75, 3.05) is 13.7 Å². The summed E-state index contributed by atoms with van der Waals surface area (Å²) in [7, 11) is 1.69. The monoisotopic (exact) mass is 329 g/mol. The van der Waals surface area contributed by atoms with Crippen molar-refractivity contribution in [3.63, 3.8) is 0 Å². The first-order chi connectivity index (χ1) is 11.8. The summed E-state index contributed by atoms with van der Waals surface area (Å²) in [6, 6.07) is 1.76. The van der Waals surface area contributed by atoms with Gasteiger partial charge in [-0.25, -0.2) is 0 Å². The van der Waals surface area contributed by atoms with Crippen molar-refractivity contribution in [3.05, 3.63) is 41.1 Å². The second kappa shape index (κ2) is 6.43. The second-order valence-corrected chi connectivity index (χ2v) is 6.69. The minimum atomic E-state index is -0.0464. The number of methoxy groups -OCH3 is 1. The van der Waals surface area contributed by atoms with E-state index < -0.39 is 0 Å². The molecule has 2 aliphatic rings. The fourth-order valence-corrected chi connectivity index (χ4v) is 3.44. The van der Waals surface area contributed by atoms with Crippen molar-refractivity contribution in [2.45, 2.75) is 50.6 Å². The van der Waals surface area contributed by atoms with E-state index in [1.807, 2.05) is 4.68 Å². The predicted molar refractivity (Wildman–Crippen MR) is 87.9 cm³/mol. The first-order valence-electron chi connectivity index (χ1n) is 8.69. The van der Waals surface area contributed by atoms with Crippen molar-refractivity contribution < 1.29 is 13.9 Å². The average Bonchev–Trinajstić information content (AvgIpc) is 3.15. The van der Waals surface area contributed by atoms with Crippen LogP contribution in [0, 0.1) is 0 Å². The minimum absolute atomic E-state index is 0.0213. The Balaban J connectivity index is 1.50. The maximum Gasteiger partial charge on any atom is 0.255 e. The van der Waals surface area contributed by atoms with Crippen molar-refractivity contribution in [2.24, 2.45) is 0 Å². The maximum atomic E-state index is 12.7. The van der Waals surface area contributed by atoms with E-state index in [0.29, 0.717) is 18.1 Å². The number of fused-ring (bicyclic) bond motifs is 1. The quantitative estimate of drug-likeness (QED) is 0.885. The fraction of sp³-hybridized carbons (Fsp3) is 0.556. The topological polar surface area (TPSA) is 69.3 Å². The molecule has 0 aliphatic heterocycles. The Bertz CT molecular complexity index is 730. The summed E-state index contributed by atoms with van der Waals surface area (Å²) in [5.74, 6) is 1.22. The van der Waals surface area contributed by atoms with Gasteiger partial charge in [0.05, 0.1) is 36.7 Å². The first kappa shape index (κ1) is 15.4. The van der Waals surface area contributed by atoms with E-state index in [1.54, 1.807) is 19.4 Å². The Morgan fingerprint density at radius 2 is 2.33 bits per heavy atom. The molecule has 6 heteroatoms. The van der Waals surface area contributed by atoms with E-state index in [4.69, 9.17) is 9.15 Å². The molecule has 0 spiro atoms. The fourth-order valence-electron chi connectivity index (χ4n) is 3.44. The van der Waals surface area contributed by atoms with E-state index in [1.165, 1.54) is 5.56 Å². The molecule has 128 valence electrons. The molecule has 0 radical (unpaired) electrons. The summed E-state index contributed by atoms with van der Waals surface area (Å²) in [6.07, 6.45) is 8.95. The van der Waals surface area contributed by atoms with Gasteiger partial charge in [-0.3, -0.25) is 9.48 Å². The van der Waals surface area contributed by atoms with Gasteiger partial charge in [0.15, 0.2) is 0 Å². The molecule has 1 atom stereocenters. The third kappa shape index (κ3) is 2.98. The number of aryl methyl sites for hydroxylation is 1. The maximum absolute atomic E-state index is 12.7. The van der Waals surface area contributed by atoms with Crippen LogP contribution >= 0.6 is 0 Å². The van der Waals surface area contributed by atoms with Crippen LogP contribution in [0.4, 0.5) is 0 Å². The zero-order chi connectivity index (χ0) is 16.5. The average molecular weight is 329 g/mol. The Morgan fingerprint density at radius 3 is 3.12 bits per heavy atom. The van der Waals surface area contributed by atoms with E-state index in [2.05, 4.69) is 16.6 Å². The predicted octanol–water partition coefficient (Wildman–Crippen LogP) is 2.81. The van der Waals surface area contributed by atoms with Crippen LogP contribution in [0.5, 0.6) is 0 Å². The number of carbonyl (C=O) groups excluding carboxylic acids is 1. The number of carbonyl (C=O) groups is 1. The number of furan rings is 1. The molecule has 1 amide bonds. The first-order valence-corrected chi connectivity index (χ1v) is 8.69. The SMILES string of the molecule is COCCn1cc2c(n1)[C@@H](NC(=O)c1ccoc1C1CC1)CCC2. The van der Waals surface area contributed by atoms with Gasteiger partial charge >= 0.3 is 0 Å². The van der Waals surface area contributed by atoms with Gasteiger partial charge in [0.1, 0.15) is 5.76 Å². The van der Waals surface area contributed by atoms with Crippen LogP contribution in [0.2, 0.25) is 0 Å². The van der Waals surface area contributed by atoms with Gasteiger partial charge in [-0.2, -0.15) is 5.10 Å². The molecule has 1 saturated carbocycles. The highest BCUT2D eigenvalue weighted by molar-refractivity contribution is 5.95. The molecule has 1 N–H and O–H groups in total. The molecule has 2 aliphatic carbocycles. The second-order valence-electron chi connectivity index (χ2n) is 6.69. The molecule has 0 bridgehead atoms. The molecule has 0 aromatic carbocycles. The zero-order valence-corrected chi connectivity index (χ0v) is 14.0. The number of ether oxygens (including phenoxy) is 1. The smallest absolute Gasteiger partial charge is 0.255 e. The highest BCUT2D eigenvalue weighted by atomic mass is 16.5. The summed E-state index contributed by atoms with van der Waals surface area (Å²) in [5.41, 5.74) is 2.92. The number of hydrogen-bond acceptors (Lipinski definition) is 4. The van der Waals surface area contributed by atoms with Crippen LogP contribution in [-0.4, -0.2) is 29.4 Å². The lowest BCUT2D eigenvalue weighted by Gasteiger charge is -2.22. The Kier molecular flexibility index (Phi) is 4.14. The minimum Gasteiger partial charge on any atom is -0.468 e. The van der Waals surface area contributed by atoms with Gasteiger partial charge in [-0.05, 0) is 43.7 Å². The molecular formula is C18H23N3O3. The third-order valence-corrected chi connectivity index (χ3v) is 4.86. The normalized spacial score (nSPS) is 20.0. The van der Waals surface area contributed by atoms with Crippen LogP contribution in [0.1, 0.15) is 65.0 Å². The number of hydrogen-bond donors (Lipinski definition) is 1. The molecule has 4 rings (SSSR count). The Hall–Kier alpha value is -2.08. The molecule has 2 aromatic heterocycles. The van der Waals surface area contributed by atoms with Crippen molar-refractivity contribution >= 4 is 5.91 Å². The molecule has 24 heavy (non-hydrogen) atoms. The third-order valence-electron chi connectivity index (χ3n) is 4.86. The molecule has 2 aromatic rings. The van der Waals surface area contributed by atoms with Crippen molar-refractivity contribution in [1.82, 2.24) is 15.1 Å². The molecule has 0 saturated heterocycles. The molecular weight excluding hydrogens is 306 g/mol. The van der Waals surface area contributed by atoms with Gasteiger partial charge in [-0.1, -0.05) is 0 Å². The lowest BCUT2D eigenvalue weighted by Crippen LogP contribution is -2.31. The Morgan fingerprint density at radius 1 is 1.46 bits per heavy atom. The summed E-state index contributed by atoms with van der Waals surface area (Å²) >= 11 is 0. The van der Waals surface area contributed by atoms with Crippen molar-refractivity contribution in [3.8, 4) is 0 Å². The largest absolute Gasteiger partial charge is 0.468 e. The highest BCUT2D eigenvalue weighted by Crippen LogP contribution is 2.42. The molecule has 6 nitrogen and oxygen atoms in total. The van der Waals surface area contributed by atoms with Crippen LogP contribution in [0.15, 0.2) is 22.9 Å². The van der Waals surface area contributed by atoms with E-state index >= 15 is 0 Å². The van der Waals surface area contributed by atoms with Gasteiger partial charge < -0.3 is 14.5 Å². The lowest BCUT2D eigenvalue weighted by atomic mass is 9.93. The van der Waals surface area contributed by atoms with Crippen LogP contribution in [-0.2, 0) is 17.7 Å². The molecule has 2 heterocycles. The van der Waals surface area contributed by atoms with E-state index in [9.17, 15) is 4.79 Å². The number of amides is 1. The number of rotatable bonds is 6. The van der Waals surface area contributed by atoms with Gasteiger partial charge in [0, 0.05) is 19.2 Å². The summed E-state index contributed by atoms with van der Waals surface area (Å²) < 4.78 is 12.6. The summed E-state index contributed by atoms with van der Waals surface area (Å²) in [4.78, 5) is 12.7. The van der Waals surface area contributed by atoms with Gasteiger partial charge in [-0.15, -0.1) is 0 Å². The van der Waals surface area contributed by atoms with Gasteiger partial charge in [0.2, 0.25) is 0 Å². The van der Waals surface area contributed by atoms with Gasteiger partial charge in [0.25, 0.3) is 5.91 Å². The highest BCUT2D eigenvalue weighted by Gasteiger charge is 2.32. The number of nitrogens with zero attached hydrogens (tertiary/aromatic N) is 2. The van der Waals surface area contributed by atoms with Crippen LogP contribution in [0.3, 0.4) is 0 Å². The van der Waals surface area contributed by atoms with Crippen molar-refractivity contribution in [1.29, 1.82) is 0 Å². The number of aromatic nitrogens is 2. The van der Waals surface area contributed by atoms with Crippen LogP contribution in [0.25, 0.3) is 0 Å². The van der Waals surface area contributed by atoms with Crippen LogP contribution < -0.4 is 5.32 Å². The zero-order valence-electron chi connectivity index (χ0n) is 14.0.